The van der Waals surface area contributed by atoms with Crippen molar-refractivity contribution in [3.63, 3.8) is 0 Å². The van der Waals surface area contributed by atoms with Crippen LogP contribution in [0.3, 0.4) is 0 Å². The Kier molecular flexibility index (Phi) is 4.49. The van der Waals surface area contributed by atoms with Crippen LogP contribution in [-0.4, -0.2) is 46.9 Å². The number of amides is 1. The van der Waals surface area contributed by atoms with E-state index in [0.717, 1.165) is 43.4 Å². The van der Waals surface area contributed by atoms with Crippen molar-refractivity contribution in [2.24, 2.45) is 0 Å². The van der Waals surface area contributed by atoms with Crippen LogP contribution < -0.4 is 0 Å². The van der Waals surface area contributed by atoms with E-state index in [-0.39, 0.29) is 5.91 Å². The second-order valence-corrected chi connectivity index (χ2v) is 5.52. The van der Waals surface area contributed by atoms with Crippen LogP contribution in [0, 0.1) is 6.92 Å². The van der Waals surface area contributed by atoms with Crippen LogP contribution in [0.4, 0.5) is 0 Å². The highest BCUT2D eigenvalue weighted by atomic mass is 32.1. The molecule has 1 saturated heterocycles. The molecule has 0 aromatic carbocycles. The molecule has 1 aliphatic rings. The molecule has 0 bridgehead atoms. The predicted molar refractivity (Wildman–Crippen MR) is 73.5 cm³/mol. The van der Waals surface area contributed by atoms with Gasteiger partial charge in [0.25, 0.3) is 0 Å². The predicted octanol–water partition coefficient (Wildman–Crippen LogP) is 1.67. The SMILES string of the molecule is CC=CC(=O)N1CCN(Cc2csc(C)n2)CC1. The van der Waals surface area contributed by atoms with Crippen molar-refractivity contribution in [3.05, 3.63) is 28.2 Å². The molecule has 0 atom stereocenters. The van der Waals surface area contributed by atoms with Crippen molar-refractivity contribution < 1.29 is 4.79 Å². The molecular weight excluding hydrogens is 246 g/mol. The van der Waals surface area contributed by atoms with E-state index in [4.69, 9.17) is 0 Å². The summed E-state index contributed by atoms with van der Waals surface area (Å²) in [6, 6.07) is 0. The number of piperazine rings is 1. The zero-order chi connectivity index (χ0) is 13.0. The van der Waals surface area contributed by atoms with E-state index in [1.54, 1.807) is 23.5 Å². The molecule has 1 aromatic rings. The van der Waals surface area contributed by atoms with Gasteiger partial charge in [0, 0.05) is 38.1 Å². The first-order chi connectivity index (χ1) is 8.69. The standard InChI is InChI=1S/C13H19N3OS/c1-3-4-13(17)16-7-5-15(6-8-16)9-12-10-18-11(2)14-12/h3-4,10H,5-9H2,1-2H3. The Bertz CT molecular complexity index is 433. The summed E-state index contributed by atoms with van der Waals surface area (Å²) < 4.78 is 0. The van der Waals surface area contributed by atoms with E-state index in [2.05, 4.69) is 15.3 Å². The summed E-state index contributed by atoms with van der Waals surface area (Å²) in [5, 5.41) is 3.24. The second kappa shape index (κ2) is 6.11. The van der Waals surface area contributed by atoms with Crippen molar-refractivity contribution in [2.75, 3.05) is 26.2 Å². The maximum Gasteiger partial charge on any atom is 0.246 e. The topological polar surface area (TPSA) is 36.4 Å². The Balaban J connectivity index is 1.81. The fourth-order valence-electron chi connectivity index (χ4n) is 2.08. The molecule has 18 heavy (non-hydrogen) atoms. The number of aryl methyl sites for hydroxylation is 1. The molecule has 4 nitrogen and oxygen atoms in total. The van der Waals surface area contributed by atoms with Gasteiger partial charge in [-0.25, -0.2) is 4.98 Å². The summed E-state index contributed by atoms with van der Waals surface area (Å²) in [6.45, 7) is 8.29. The molecule has 98 valence electrons. The van der Waals surface area contributed by atoms with Gasteiger partial charge in [-0.2, -0.15) is 0 Å². The third kappa shape index (κ3) is 3.40. The molecule has 5 heteroatoms. The van der Waals surface area contributed by atoms with E-state index in [1.165, 1.54) is 0 Å². The van der Waals surface area contributed by atoms with Gasteiger partial charge in [-0.05, 0) is 19.9 Å². The number of nitrogens with zero attached hydrogens (tertiary/aromatic N) is 3. The lowest BCUT2D eigenvalue weighted by molar-refractivity contribution is -0.127. The molecule has 1 aliphatic heterocycles. The molecule has 2 heterocycles. The van der Waals surface area contributed by atoms with Crippen LogP contribution in [0.5, 0.6) is 0 Å². The minimum Gasteiger partial charge on any atom is -0.337 e. The van der Waals surface area contributed by atoms with Crippen molar-refractivity contribution in [3.8, 4) is 0 Å². The number of rotatable bonds is 3. The smallest absolute Gasteiger partial charge is 0.246 e. The number of aromatic nitrogens is 1. The summed E-state index contributed by atoms with van der Waals surface area (Å²) in [5.74, 6) is 0.127. The summed E-state index contributed by atoms with van der Waals surface area (Å²) in [4.78, 5) is 20.4. The van der Waals surface area contributed by atoms with Crippen molar-refractivity contribution in [2.45, 2.75) is 20.4 Å². The zero-order valence-corrected chi connectivity index (χ0v) is 11.7. The number of carbonyl (C=O) groups is 1. The lowest BCUT2D eigenvalue weighted by atomic mass is 10.3. The number of hydrogen-bond acceptors (Lipinski definition) is 4. The average Bonchev–Trinajstić information content (AvgIpc) is 2.76. The van der Waals surface area contributed by atoms with Crippen molar-refractivity contribution in [1.29, 1.82) is 0 Å². The average molecular weight is 265 g/mol. The number of allylic oxidation sites excluding steroid dienone is 1. The van der Waals surface area contributed by atoms with E-state index >= 15 is 0 Å². The minimum atomic E-state index is 0.127. The molecule has 0 N–H and O–H groups in total. The van der Waals surface area contributed by atoms with E-state index < -0.39 is 0 Å². The van der Waals surface area contributed by atoms with Crippen molar-refractivity contribution >= 4 is 17.2 Å². The molecule has 1 amide bonds. The minimum absolute atomic E-state index is 0.127. The molecule has 0 radical (unpaired) electrons. The maximum absolute atomic E-state index is 11.7. The van der Waals surface area contributed by atoms with Crippen LogP contribution in [0.25, 0.3) is 0 Å². The first-order valence-electron chi connectivity index (χ1n) is 6.24. The third-order valence-electron chi connectivity index (χ3n) is 3.05. The van der Waals surface area contributed by atoms with Crippen molar-refractivity contribution in [1.82, 2.24) is 14.8 Å². The summed E-state index contributed by atoms with van der Waals surface area (Å²) in [7, 11) is 0. The fourth-order valence-corrected chi connectivity index (χ4v) is 2.69. The first-order valence-corrected chi connectivity index (χ1v) is 7.12. The molecule has 0 spiro atoms. The summed E-state index contributed by atoms with van der Waals surface area (Å²) in [5.41, 5.74) is 1.14. The zero-order valence-electron chi connectivity index (χ0n) is 10.9. The van der Waals surface area contributed by atoms with Gasteiger partial charge < -0.3 is 4.90 Å². The molecule has 1 fully saturated rings. The Morgan fingerprint density at radius 3 is 2.72 bits per heavy atom. The third-order valence-corrected chi connectivity index (χ3v) is 3.87. The highest BCUT2D eigenvalue weighted by Gasteiger charge is 2.19. The fraction of sp³-hybridized carbons (Fsp3) is 0.538. The van der Waals surface area contributed by atoms with E-state index in [0.29, 0.717) is 0 Å². The Labute approximate surface area is 112 Å². The largest absolute Gasteiger partial charge is 0.337 e. The summed E-state index contributed by atoms with van der Waals surface area (Å²) in [6.07, 6.45) is 3.44. The lowest BCUT2D eigenvalue weighted by Gasteiger charge is -2.33. The molecule has 0 unspecified atom stereocenters. The van der Waals surface area contributed by atoms with Crippen LogP contribution in [0.15, 0.2) is 17.5 Å². The highest BCUT2D eigenvalue weighted by molar-refractivity contribution is 7.09. The van der Waals surface area contributed by atoms with Gasteiger partial charge in [0.05, 0.1) is 10.7 Å². The molecule has 0 saturated carbocycles. The van der Waals surface area contributed by atoms with Crippen LogP contribution in [-0.2, 0) is 11.3 Å². The van der Waals surface area contributed by atoms with Crippen LogP contribution >= 0.6 is 11.3 Å². The molecular formula is C13H19N3OS. The first kappa shape index (κ1) is 13.2. The molecule has 1 aromatic heterocycles. The van der Waals surface area contributed by atoms with Gasteiger partial charge in [0.15, 0.2) is 0 Å². The Morgan fingerprint density at radius 2 is 2.17 bits per heavy atom. The second-order valence-electron chi connectivity index (χ2n) is 4.46. The number of hydrogen-bond donors (Lipinski definition) is 0. The number of carbonyl (C=O) groups excluding carboxylic acids is 1. The van der Waals surface area contributed by atoms with Crippen LogP contribution in [0.2, 0.25) is 0 Å². The normalized spacial score (nSPS) is 17.6. The Morgan fingerprint density at radius 1 is 1.44 bits per heavy atom. The maximum atomic E-state index is 11.7. The van der Waals surface area contributed by atoms with Gasteiger partial charge in [-0.3, -0.25) is 9.69 Å². The molecule has 0 aliphatic carbocycles. The lowest BCUT2D eigenvalue weighted by Crippen LogP contribution is -2.47. The quantitative estimate of drug-likeness (QED) is 0.780. The van der Waals surface area contributed by atoms with Gasteiger partial charge in [-0.1, -0.05) is 6.08 Å². The van der Waals surface area contributed by atoms with Crippen LogP contribution in [0.1, 0.15) is 17.6 Å². The van der Waals surface area contributed by atoms with Gasteiger partial charge in [-0.15, -0.1) is 11.3 Å². The van der Waals surface area contributed by atoms with Gasteiger partial charge in [0.1, 0.15) is 0 Å². The summed E-state index contributed by atoms with van der Waals surface area (Å²) >= 11 is 1.69. The molecule has 2 rings (SSSR count). The van der Waals surface area contributed by atoms with Gasteiger partial charge >= 0.3 is 0 Å². The Hall–Kier alpha value is -1.20. The monoisotopic (exact) mass is 265 g/mol. The highest BCUT2D eigenvalue weighted by Crippen LogP contribution is 2.12. The van der Waals surface area contributed by atoms with E-state index in [9.17, 15) is 4.79 Å². The van der Waals surface area contributed by atoms with E-state index in [1.807, 2.05) is 18.7 Å². The van der Waals surface area contributed by atoms with Gasteiger partial charge in [0.2, 0.25) is 5.91 Å². The number of thiazole rings is 1.